The molecule has 6 nitrogen and oxygen atoms in total. The summed E-state index contributed by atoms with van der Waals surface area (Å²) in [7, 11) is -1.90. The molecule has 0 bridgehead atoms. The molecule has 7 heteroatoms. The standard InChI is InChI=1S/C19H24N2O4S/c1-3-25-18-12-8-7-9-16(18)15-21(2)19(22)13-14-20-26(23,24)17-10-5-4-6-11-17/h4-12,20H,3,13-15H2,1-2H3. The molecule has 0 radical (unpaired) electrons. The van der Waals surface area contributed by atoms with E-state index in [1.165, 1.54) is 12.1 Å². The van der Waals surface area contributed by atoms with Crippen molar-refractivity contribution in [2.75, 3.05) is 20.2 Å². The lowest BCUT2D eigenvalue weighted by Gasteiger charge is -2.19. The van der Waals surface area contributed by atoms with Crippen molar-refractivity contribution >= 4 is 15.9 Å². The van der Waals surface area contributed by atoms with E-state index in [1.807, 2.05) is 31.2 Å². The van der Waals surface area contributed by atoms with Crippen molar-refractivity contribution in [1.29, 1.82) is 0 Å². The molecular formula is C19H24N2O4S. The Morgan fingerprint density at radius 2 is 1.73 bits per heavy atom. The number of hydrogen-bond acceptors (Lipinski definition) is 4. The van der Waals surface area contributed by atoms with Crippen molar-refractivity contribution in [3.63, 3.8) is 0 Å². The number of para-hydroxylation sites is 1. The first-order valence-corrected chi connectivity index (χ1v) is 9.91. The number of amides is 1. The average Bonchev–Trinajstić information content (AvgIpc) is 2.64. The maximum absolute atomic E-state index is 12.3. The zero-order chi connectivity index (χ0) is 19.0. The Labute approximate surface area is 154 Å². The first-order chi connectivity index (χ1) is 12.4. The summed E-state index contributed by atoms with van der Waals surface area (Å²) in [6.45, 7) is 2.91. The number of ether oxygens (including phenoxy) is 1. The highest BCUT2D eigenvalue weighted by Gasteiger charge is 2.16. The summed E-state index contributed by atoms with van der Waals surface area (Å²) >= 11 is 0. The number of carbonyl (C=O) groups excluding carboxylic acids is 1. The van der Waals surface area contributed by atoms with Gasteiger partial charge in [-0.05, 0) is 25.1 Å². The fourth-order valence-corrected chi connectivity index (χ4v) is 3.49. The summed E-state index contributed by atoms with van der Waals surface area (Å²) < 4.78 is 32.3. The summed E-state index contributed by atoms with van der Waals surface area (Å²) in [5.74, 6) is 0.603. The van der Waals surface area contributed by atoms with E-state index in [9.17, 15) is 13.2 Å². The summed E-state index contributed by atoms with van der Waals surface area (Å²) in [5.41, 5.74) is 0.912. The van der Waals surface area contributed by atoms with Gasteiger partial charge < -0.3 is 9.64 Å². The van der Waals surface area contributed by atoms with Crippen LogP contribution in [0.5, 0.6) is 5.75 Å². The zero-order valence-corrected chi connectivity index (χ0v) is 15.8. The molecule has 2 rings (SSSR count). The molecule has 0 aromatic heterocycles. The maximum Gasteiger partial charge on any atom is 0.240 e. The van der Waals surface area contributed by atoms with E-state index in [1.54, 1.807) is 30.1 Å². The number of sulfonamides is 1. The minimum absolute atomic E-state index is 0.0491. The number of benzene rings is 2. The van der Waals surface area contributed by atoms with Crippen LogP contribution in [0.15, 0.2) is 59.5 Å². The summed E-state index contributed by atoms with van der Waals surface area (Å²) in [4.78, 5) is 14.0. The molecule has 0 heterocycles. The first-order valence-electron chi connectivity index (χ1n) is 8.43. The Morgan fingerprint density at radius 1 is 1.08 bits per heavy atom. The first kappa shape index (κ1) is 19.9. The predicted molar refractivity (Wildman–Crippen MR) is 100 cm³/mol. The fraction of sp³-hybridized carbons (Fsp3) is 0.316. The van der Waals surface area contributed by atoms with E-state index in [2.05, 4.69) is 4.72 Å². The topological polar surface area (TPSA) is 75.7 Å². The van der Waals surface area contributed by atoms with Gasteiger partial charge in [0.25, 0.3) is 0 Å². The van der Waals surface area contributed by atoms with E-state index in [0.29, 0.717) is 13.2 Å². The molecule has 0 aliphatic heterocycles. The highest BCUT2D eigenvalue weighted by molar-refractivity contribution is 7.89. The quantitative estimate of drug-likeness (QED) is 0.729. The van der Waals surface area contributed by atoms with E-state index in [4.69, 9.17) is 4.74 Å². The second-order valence-electron chi connectivity index (χ2n) is 5.75. The molecule has 0 unspecified atom stereocenters. The van der Waals surface area contributed by atoms with Crippen LogP contribution in [0.3, 0.4) is 0 Å². The smallest absolute Gasteiger partial charge is 0.240 e. The Hall–Kier alpha value is -2.38. The average molecular weight is 376 g/mol. The van der Waals surface area contributed by atoms with Gasteiger partial charge in [0.15, 0.2) is 0 Å². The van der Waals surface area contributed by atoms with Crippen LogP contribution < -0.4 is 9.46 Å². The van der Waals surface area contributed by atoms with Gasteiger partial charge in [0.05, 0.1) is 11.5 Å². The van der Waals surface area contributed by atoms with Crippen molar-refractivity contribution in [2.24, 2.45) is 0 Å². The molecule has 140 valence electrons. The molecule has 0 atom stereocenters. The second-order valence-corrected chi connectivity index (χ2v) is 7.52. The van der Waals surface area contributed by atoms with E-state index in [0.717, 1.165) is 11.3 Å². The van der Waals surface area contributed by atoms with Gasteiger partial charge in [0, 0.05) is 32.1 Å². The zero-order valence-electron chi connectivity index (χ0n) is 15.0. The fourth-order valence-electron chi connectivity index (χ4n) is 2.44. The summed E-state index contributed by atoms with van der Waals surface area (Å²) in [6, 6.07) is 15.6. The molecular weight excluding hydrogens is 352 g/mol. The van der Waals surface area contributed by atoms with Crippen LogP contribution in [0.4, 0.5) is 0 Å². The number of carbonyl (C=O) groups is 1. The molecule has 0 saturated heterocycles. The number of hydrogen-bond donors (Lipinski definition) is 1. The highest BCUT2D eigenvalue weighted by Crippen LogP contribution is 2.19. The maximum atomic E-state index is 12.3. The van der Waals surface area contributed by atoms with Gasteiger partial charge in [-0.3, -0.25) is 4.79 Å². The molecule has 0 aliphatic rings. The predicted octanol–water partition coefficient (Wildman–Crippen LogP) is 2.41. The third-order valence-corrected chi connectivity index (χ3v) is 5.27. The normalized spacial score (nSPS) is 11.2. The largest absolute Gasteiger partial charge is 0.494 e. The van der Waals surface area contributed by atoms with Gasteiger partial charge in [0.2, 0.25) is 15.9 Å². The van der Waals surface area contributed by atoms with Crippen LogP contribution >= 0.6 is 0 Å². The monoisotopic (exact) mass is 376 g/mol. The SMILES string of the molecule is CCOc1ccccc1CN(C)C(=O)CCNS(=O)(=O)c1ccccc1. The van der Waals surface area contributed by atoms with Crippen LogP contribution in [0, 0.1) is 0 Å². The molecule has 26 heavy (non-hydrogen) atoms. The van der Waals surface area contributed by atoms with Crippen molar-refractivity contribution in [3.05, 3.63) is 60.2 Å². The van der Waals surface area contributed by atoms with Crippen molar-refractivity contribution in [2.45, 2.75) is 24.8 Å². The molecule has 0 spiro atoms. The van der Waals surface area contributed by atoms with Crippen LogP contribution in [0.1, 0.15) is 18.9 Å². The molecule has 0 saturated carbocycles. The van der Waals surface area contributed by atoms with Gasteiger partial charge in [-0.1, -0.05) is 36.4 Å². The van der Waals surface area contributed by atoms with Crippen molar-refractivity contribution in [1.82, 2.24) is 9.62 Å². The Bertz CT molecular complexity index is 822. The summed E-state index contributed by atoms with van der Waals surface area (Å²) in [5, 5.41) is 0. The third-order valence-electron chi connectivity index (χ3n) is 3.79. The van der Waals surface area contributed by atoms with E-state index in [-0.39, 0.29) is 23.8 Å². The molecule has 2 aromatic carbocycles. The molecule has 0 aliphatic carbocycles. The van der Waals surface area contributed by atoms with Gasteiger partial charge in [-0.25, -0.2) is 13.1 Å². The van der Waals surface area contributed by atoms with Crippen LogP contribution in [-0.2, 0) is 21.4 Å². The lowest BCUT2D eigenvalue weighted by atomic mass is 10.2. The summed E-state index contributed by atoms with van der Waals surface area (Å²) in [6.07, 6.45) is 0.0827. The minimum Gasteiger partial charge on any atom is -0.494 e. The molecule has 2 aromatic rings. The van der Waals surface area contributed by atoms with Crippen LogP contribution in [-0.4, -0.2) is 39.4 Å². The second kappa shape index (κ2) is 9.35. The van der Waals surface area contributed by atoms with Gasteiger partial charge >= 0.3 is 0 Å². The molecule has 0 fully saturated rings. The van der Waals surface area contributed by atoms with Gasteiger partial charge in [-0.2, -0.15) is 0 Å². The third kappa shape index (κ3) is 5.57. The van der Waals surface area contributed by atoms with Crippen LogP contribution in [0.25, 0.3) is 0 Å². The molecule has 1 amide bonds. The van der Waals surface area contributed by atoms with Crippen molar-refractivity contribution < 1.29 is 17.9 Å². The van der Waals surface area contributed by atoms with Crippen LogP contribution in [0.2, 0.25) is 0 Å². The Kier molecular flexibility index (Phi) is 7.17. The van der Waals surface area contributed by atoms with Gasteiger partial charge in [0.1, 0.15) is 5.75 Å². The lowest BCUT2D eigenvalue weighted by molar-refractivity contribution is -0.130. The molecule has 1 N–H and O–H groups in total. The lowest BCUT2D eigenvalue weighted by Crippen LogP contribution is -2.32. The Morgan fingerprint density at radius 3 is 2.42 bits per heavy atom. The van der Waals surface area contributed by atoms with Gasteiger partial charge in [-0.15, -0.1) is 0 Å². The van der Waals surface area contributed by atoms with E-state index >= 15 is 0 Å². The minimum atomic E-state index is -3.60. The number of nitrogens with one attached hydrogen (secondary N) is 1. The number of rotatable bonds is 9. The Balaban J connectivity index is 1.88. The highest BCUT2D eigenvalue weighted by atomic mass is 32.2. The van der Waals surface area contributed by atoms with E-state index < -0.39 is 10.0 Å². The van der Waals surface area contributed by atoms with Crippen molar-refractivity contribution in [3.8, 4) is 5.75 Å². The number of nitrogens with zero attached hydrogens (tertiary/aromatic N) is 1.